The fraction of sp³-hybridized carbons (Fsp3) is 0.818. The summed E-state index contributed by atoms with van der Waals surface area (Å²) in [5.74, 6) is 0.547. The Morgan fingerprint density at radius 2 is 2.06 bits per heavy atom. The molecule has 5 nitrogen and oxygen atoms in total. The molecule has 0 unspecified atom stereocenters. The zero-order valence-corrected chi connectivity index (χ0v) is 9.41. The fourth-order valence-electron chi connectivity index (χ4n) is 2.17. The van der Waals surface area contributed by atoms with Crippen molar-refractivity contribution in [3.63, 3.8) is 0 Å². The molecule has 0 bridgehead atoms. The Bertz CT molecular complexity index is 274. The van der Waals surface area contributed by atoms with Gasteiger partial charge in [-0.25, -0.2) is 0 Å². The molecule has 0 spiro atoms. The van der Waals surface area contributed by atoms with Gasteiger partial charge in [-0.2, -0.15) is 0 Å². The third-order valence-electron chi connectivity index (χ3n) is 3.22. The molecule has 0 aromatic rings. The van der Waals surface area contributed by atoms with E-state index in [0.29, 0.717) is 18.9 Å². The summed E-state index contributed by atoms with van der Waals surface area (Å²) in [6.45, 7) is 3.08. The second-order valence-electron chi connectivity index (χ2n) is 4.42. The van der Waals surface area contributed by atoms with Crippen LogP contribution in [-0.4, -0.2) is 49.6 Å². The van der Waals surface area contributed by atoms with Crippen LogP contribution < -0.4 is 5.32 Å². The molecule has 0 saturated carbocycles. The summed E-state index contributed by atoms with van der Waals surface area (Å²) in [6.07, 6.45) is 2.46. The minimum atomic E-state index is -0.0252. The minimum Gasteiger partial charge on any atom is -0.381 e. The molecule has 2 fully saturated rings. The number of hydrogen-bond donors (Lipinski definition) is 1. The maximum absolute atomic E-state index is 11.7. The molecule has 90 valence electrons. The highest BCUT2D eigenvalue weighted by molar-refractivity contribution is 5.87. The summed E-state index contributed by atoms with van der Waals surface area (Å²) in [5.41, 5.74) is 0. The van der Waals surface area contributed by atoms with E-state index < -0.39 is 0 Å². The highest BCUT2D eigenvalue weighted by Crippen LogP contribution is 2.16. The second kappa shape index (κ2) is 5.30. The van der Waals surface area contributed by atoms with Crippen molar-refractivity contribution in [1.29, 1.82) is 0 Å². The van der Waals surface area contributed by atoms with Crippen LogP contribution in [0.15, 0.2) is 0 Å². The Hall–Kier alpha value is -1.10. The Morgan fingerprint density at radius 1 is 1.31 bits per heavy atom. The van der Waals surface area contributed by atoms with Crippen molar-refractivity contribution in [3.05, 3.63) is 0 Å². The van der Waals surface area contributed by atoms with Gasteiger partial charge in [0.2, 0.25) is 11.8 Å². The third kappa shape index (κ3) is 2.95. The molecule has 0 atom stereocenters. The van der Waals surface area contributed by atoms with Gasteiger partial charge < -0.3 is 15.0 Å². The summed E-state index contributed by atoms with van der Waals surface area (Å²) in [5, 5.41) is 2.61. The maximum atomic E-state index is 11.7. The van der Waals surface area contributed by atoms with Gasteiger partial charge >= 0.3 is 0 Å². The number of hydrogen-bond acceptors (Lipinski definition) is 3. The van der Waals surface area contributed by atoms with E-state index in [9.17, 15) is 9.59 Å². The summed E-state index contributed by atoms with van der Waals surface area (Å²) in [7, 11) is 0. The predicted octanol–water partition coefficient (Wildman–Crippen LogP) is -0.238. The zero-order chi connectivity index (χ0) is 11.4. The van der Waals surface area contributed by atoms with Crippen LogP contribution in [0.3, 0.4) is 0 Å². The van der Waals surface area contributed by atoms with E-state index in [1.807, 2.05) is 4.90 Å². The number of amides is 2. The van der Waals surface area contributed by atoms with Crippen LogP contribution in [0.5, 0.6) is 0 Å². The lowest BCUT2D eigenvalue weighted by atomic mass is 9.99. The van der Waals surface area contributed by atoms with Crippen LogP contribution in [0.2, 0.25) is 0 Å². The first kappa shape index (κ1) is 11.4. The molecule has 2 amide bonds. The topological polar surface area (TPSA) is 58.6 Å². The Labute approximate surface area is 95.1 Å². The van der Waals surface area contributed by atoms with Gasteiger partial charge in [0, 0.05) is 32.7 Å². The highest BCUT2D eigenvalue weighted by Gasteiger charge is 2.24. The predicted molar refractivity (Wildman–Crippen MR) is 57.7 cm³/mol. The molecule has 2 aliphatic heterocycles. The molecule has 2 heterocycles. The molecule has 2 aliphatic rings. The van der Waals surface area contributed by atoms with Gasteiger partial charge in [-0.15, -0.1) is 0 Å². The van der Waals surface area contributed by atoms with Crippen molar-refractivity contribution in [3.8, 4) is 0 Å². The number of nitrogens with zero attached hydrogens (tertiary/aromatic N) is 1. The molecule has 0 radical (unpaired) electrons. The lowest BCUT2D eigenvalue weighted by Gasteiger charge is -2.28. The number of nitrogens with one attached hydrogen (secondary N) is 1. The van der Waals surface area contributed by atoms with E-state index in [4.69, 9.17) is 4.74 Å². The van der Waals surface area contributed by atoms with E-state index >= 15 is 0 Å². The van der Waals surface area contributed by atoms with Crippen molar-refractivity contribution >= 4 is 11.8 Å². The molecule has 0 aliphatic carbocycles. The van der Waals surface area contributed by atoms with Crippen LogP contribution >= 0.6 is 0 Å². The van der Waals surface area contributed by atoms with Crippen LogP contribution in [0.4, 0.5) is 0 Å². The Kier molecular flexibility index (Phi) is 3.77. The van der Waals surface area contributed by atoms with Crippen molar-refractivity contribution in [1.82, 2.24) is 10.2 Å². The molecule has 2 rings (SSSR count). The average Bonchev–Trinajstić information content (AvgIpc) is 2.46. The molecular weight excluding hydrogens is 208 g/mol. The van der Waals surface area contributed by atoms with Crippen molar-refractivity contribution in [2.75, 3.05) is 32.8 Å². The maximum Gasteiger partial charge on any atom is 0.241 e. The fourth-order valence-corrected chi connectivity index (χ4v) is 2.17. The normalized spacial score (nSPS) is 24.1. The molecule has 0 aromatic heterocycles. The summed E-state index contributed by atoms with van der Waals surface area (Å²) in [6, 6.07) is 0. The van der Waals surface area contributed by atoms with Gasteiger partial charge in [0.15, 0.2) is 0 Å². The Balaban J connectivity index is 1.86. The number of carbonyl (C=O) groups excluding carboxylic acids is 2. The molecule has 5 heteroatoms. The van der Waals surface area contributed by atoms with Crippen molar-refractivity contribution in [2.45, 2.75) is 19.3 Å². The molecule has 16 heavy (non-hydrogen) atoms. The number of rotatable bonds is 2. The lowest BCUT2D eigenvalue weighted by molar-refractivity contribution is -0.131. The molecular formula is C11H18N2O3. The highest BCUT2D eigenvalue weighted by atomic mass is 16.5. The summed E-state index contributed by atoms with van der Waals surface area (Å²) in [4.78, 5) is 24.7. The van der Waals surface area contributed by atoms with E-state index in [0.717, 1.165) is 32.6 Å². The van der Waals surface area contributed by atoms with E-state index in [-0.39, 0.29) is 18.4 Å². The number of ether oxygens (including phenoxy) is 1. The van der Waals surface area contributed by atoms with E-state index in [2.05, 4.69) is 5.32 Å². The van der Waals surface area contributed by atoms with Gasteiger partial charge in [-0.3, -0.25) is 9.59 Å². The smallest absolute Gasteiger partial charge is 0.241 e. The van der Waals surface area contributed by atoms with Gasteiger partial charge in [0.1, 0.15) is 0 Å². The van der Waals surface area contributed by atoms with Gasteiger partial charge in [0.05, 0.1) is 6.54 Å². The first-order valence-corrected chi connectivity index (χ1v) is 5.88. The quantitative estimate of drug-likeness (QED) is 0.707. The number of carbonyl (C=O) groups is 2. The SMILES string of the molecule is O=C1CCN(CC2CCOCC2)C(=O)CN1. The van der Waals surface area contributed by atoms with Crippen LogP contribution in [0, 0.1) is 5.92 Å². The van der Waals surface area contributed by atoms with Crippen molar-refractivity contribution in [2.24, 2.45) is 5.92 Å². The molecule has 2 saturated heterocycles. The monoisotopic (exact) mass is 226 g/mol. The van der Waals surface area contributed by atoms with E-state index in [1.165, 1.54) is 0 Å². The molecule has 0 aromatic carbocycles. The molecule has 1 N–H and O–H groups in total. The van der Waals surface area contributed by atoms with E-state index in [1.54, 1.807) is 0 Å². The summed E-state index contributed by atoms with van der Waals surface area (Å²) >= 11 is 0. The zero-order valence-electron chi connectivity index (χ0n) is 9.41. The lowest BCUT2D eigenvalue weighted by Crippen LogP contribution is -2.39. The van der Waals surface area contributed by atoms with Gasteiger partial charge in [-0.05, 0) is 18.8 Å². The van der Waals surface area contributed by atoms with Crippen LogP contribution in [0.25, 0.3) is 0 Å². The van der Waals surface area contributed by atoms with Gasteiger partial charge in [-0.1, -0.05) is 0 Å². The first-order chi connectivity index (χ1) is 7.75. The third-order valence-corrected chi connectivity index (χ3v) is 3.22. The first-order valence-electron chi connectivity index (χ1n) is 5.88. The standard InChI is InChI=1S/C11H18N2O3/c14-10-1-4-13(11(15)7-12-10)8-9-2-5-16-6-3-9/h9H,1-8H2,(H,12,14). The summed E-state index contributed by atoms with van der Waals surface area (Å²) < 4.78 is 5.29. The van der Waals surface area contributed by atoms with Crippen LogP contribution in [-0.2, 0) is 14.3 Å². The second-order valence-corrected chi connectivity index (χ2v) is 4.42. The van der Waals surface area contributed by atoms with Gasteiger partial charge in [0.25, 0.3) is 0 Å². The van der Waals surface area contributed by atoms with Crippen LogP contribution in [0.1, 0.15) is 19.3 Å². The average molecular weight is 226 g/mol. The Morgan fingerprint density at radius 3 is 2.81 bits per heavy atom. The van der Waals surface area contributed by atoms with Crippen molar-refractivity contribution < 1.29 is 14.3 Å². The largest absolute Gasteiger partial charge is 0.381 e. The minimum absolute atomic E-state index is 0.0252.